The third kappa shape index (κ3) is 5.77. The molecule has 3 aromatic rings. The summed E-state index contributed by atoms with van der Waals surface area (Å²) >= 11 is 6.35. The van der Waals surface area contributed by atoms with Gasteiger partial charge in [0.1, 0.15) is 24.2 Å². The Hall–Kier alpha value is -3.50. The number of nitrogens with one attached hydrogen (secondary N) is 1. The molecule has 2 N–H and O–H groups in total. The van der Waals surface area contributed by atoms with Gasteiger partial charge in [-0.15, -0.1) is 0 Å². The second-order valence-electron chi connectivity index (χ2n) is 9.46. The van der Waals surface area contributed by atoms with Crippen molar-refractivity contribution in [1.29, 1.82) is 0 Å². The number of amidine groups is 1. The first-order valence-electron chi connectivity index (χ1n) is 12.5. The lowest BCUT2D eigenvalue weighted by molar-refractivity contribution is -0.137. The average Bonchev–Trinajstić information content (AvgIpc) is 3.24. The SMILES string of the molecule is C[C@@H]1N=C(c2nc(OCc3ccccc3)ccc2F)c2c(ccc(C(F)(F)F)c2Cl)NC1=NC1CCC[C@@H]1O. The molecule has 2 aliphatic rings. The molecule has 1 aliphatic heterocycles. The van der Waals surface area contributed by atoms with Crippen molar-refractivity contribution in [2.24, 2.45) is 9.98 Å². The Morgan fingerprint density at radius 1 is 1.10 bits per heavy atom. The number of hydrogen-bond acceptors (Lipinski definition) is 5. The number of benzodiazepines with no additional fused rings is 1. The van der Waals surface area contributed by atoms with Crippen LogP contribution in [0.15, 0.2) is 64.6 Å². The normalized spacial score (nSPS) is 22.2. The van der Waals surface area contributed by atoms with Gasteiger partial charge in [0.2, 0.25) is 5.88 Å². The number of anilines is 1. The number of ether oxygens (including phenoxy) is 1. The van der Waals surface area contributed by atoms with E-state index in [-0.39, 0.29) is 41.2 Å². The fraction of sp³-hybridized carbons (Fsp3) is 0.321. The maximum atomic E-state index is 15.3. The van der Waals surface area contributed by atoms with Gasteiger partial charge < -0.3 is 15.2 Å². The molecule has 0 bridgehead atoms. The smallest absolute Gasteiger partial charge is 0.417 e. The van der Waals surface area contributed by atoms with E-state index in [2.05, 4.69) is 20.3 Å². The van der Waals surface area contributed by atoms with E-state index in [1.54, 1.807) is 6.92 Å². The lowest BCUT2D eigenvalue weighted by atomic mass is 10.0. The van der Waals surface area contributed by atoms with Crippen LogP contribution in [0, 0.1) is 5.82 Å². The van der Waals surface area contributed by atoms with Gasteiger partial charge in [-0.1, -0.05) is 41.9 Å². The van der Waals surface area contributed by atoms with Gasteiger partial charge in [0.15, 0.2) is 5.82 Å². The lowest BCUT2D eigenvalue weighted by Crippen LogP contribution is -2.28. The van der Waals surface area contributed by atoms with Crippen molar-refractivity contribution < 1.29 is 27.4 Å². The number of aliphatic hydroxyl groups excluding tert-OH is 1. The molecule has 1 fully saturated rings. The highest BCUT2D eigenvalue weighted by Gasteiger charge is 2.37. The minimum Gasteiger partial charge on any atom is -0.473 e. The predicted molar refractivity (Wildman–Crippen MR) is 141 cm³/mol. The van der Waals surface area contributed by atoms with E-state index in [9.17, 15) is 18.3 Å². The van der Waals surface area contributed by atoms with Crippen LogP contribution in [0.5, 0.6) is 5.88 Å². The number of rotatable bonds is 5. The van der Waals surface area contributed by atoms with Crippen LogP contribution in [-0.4, -0.2) is 39.8 Å². The first-order valence-corrected chi connectivity index (χ1v) is 12.8. The van der Waals surface area contributed by atoms with E-state index in [0.717, 1.165) is 24.1 Å². The van der Waals surface area contributed by atoms with Crippen LogP contribution >= 0.6 is 11.6 Å². The Morgan fingerprint density at radius 2 is 1.87 bits per heavy atom. The molecule has 11 heteroatoms. The Morgan fingerprint density at radius 3 is 2.56 bits per heavy atom. The lowest BCUT2D eigenvalue weighted by Gasteiger charge is -2.18. The van der Waals surface area contributed by atoms with Crippen LogP contribution in [0.25, 0.3) is 0 Å². The molecule has 0 saturated heterocycles. The number of benzene rings is 2. The summed E-state index contributed by atoms with van der Waals surface area (Å²) < 4.78 is 62.5. The van der Waals surface area contributed by atoms with E-state index in [1.165, 1.54) is 12.1 Å². The summed E-state index contributed by atoms with van der Waals surface area (Å²) in [6, 6.07) is 12.7. The zero-order valence-corrected chi connectivity index (χ0v) is 21.6. The van der Waals surface area contributed by atoms with Crippen molar-refractivity contribution in [2.75, 3.05) is 5.32 Å². The van der Waals surface area contributed by atoms with Crippen LogP contribution in [0.4, 0.5) is 23.2 Å². The summed E-state index contributed by atoms with van der Waals surface area (Å²) in [5.74, 6) is -0.417. The molecular weight excluding hydrogens is 536 g/mol. The molecule has 6 nitrogen and oxygen atoms in total. The molecule has 2 aromatic carbocycles. The third-order valence-corrected chi connectivity index (χ3v) is 7.08. The van der Waals surface area contributed by atoms with Crippen molar-refractivity contribution in [3.63, 3.8) is 0 Å². The number of aliphatic hydroxyl groups is 1. The third-order valence-electron chi connectivity index (χ3n) is 6.69. The topological polar surface area (TPSA) is 79.1 Å². The van der Waals surface area contributed by atoms with Crippen molar-refractivity contribution in [1.82, 2.24) is 4.98 Å². The van der Waals surface area contributed by atoms with Crippen molar-refractivity contribution >= 4 is 28.8 Å². The average molecular weight is 561 g/mol. The molecule has 2 heterocycles. The summed E-state index contributed by atoms with van der Waals surface area (Å²) in [5, 5.41) is 12.7. The summed E-state index contributed by atoms with van der Waals surface area (Å²) in [6.07, 6.45) is -3.33. The Kier molecular flexibility index (Phi) is 7.59. The minimum absolute atomic E-state index is 0.0652. The predicted octanol–water partition coefficient (Wildman–Crippen LogP) is 6.44. The fourth-order valence-electron chi connectivity index (χ4n) is 4.66. The first kappa shape index (κ1) is 27.1. The number of pyridine rings is 1. The molecule has 1 aromatic heterocycles. The van der Waals surface area contributed by atoms with Gasteiger partial charge in [-0.05, 0) is 49.9 Å². The van der Waals surface area contributed by atoms with E-state index < -0.39 is 34.7 Å². The maximum absolute atomic E-state index is 15.3. The number of halogens is 5. The van der Waals surface area contributed by atoms with Gasteiger partial charge in [-0.3, -0.25) is 9.98 Å². The Bertz CT molecular complexity index is 1430. The van der Waals surface area contributed by atoms with Crippen LogP contribution in [-0.2, 0) is 12.8 Å². The van der Waals surface area contributed by atoms with Crippen LogP contribution in [0.2, 0.25) is 5.02 Å². The van der Waals surface area contributed by atoms with Crippen molar-refractivity contribution in [2.45, 2.75) is 57.2 Å². The van der Waals surface area contributed by atoms with Gasteiger partial charge in [0.25, 0.3) is 0 Å². The standard InChI is InChI=1S/C28H25ClF4N4O2/c1-15-27(35-19-8-5-9-21(19)38)36-20-12-10-17(28(31,32)33)24(29)23(20)26(34-15)25-18(30)11-13-22(37-25)39-14-16-6-3-2-4-7-16/h2-4,6-7,10-13,15,19,21,38H,5,8-9,14H2,1H3,(H,35,36)/t15-,19?,21-/m0/s1. The van der Waals surface area contributed by atoms with Crippen LogP contribution in [0.3, 0.4) is 0 Å². The quantitative estimate of drug-likeness (QED) is 0.352. The number of alkyl halides is 3. The highest BCUT2D eigenvalue weighted by molar-refractivity contribution is 6.38. The molecule has 0 amide bonds. The molecule has 1 unspecified atom stereocenters. The molecule has 39 heavy (non-hydrogen) atoms. The van der Waals surface area contributed by atoms with E-state index in [0.29, 0.717) is 18.7 Å². The van der Waals surface area contributed by atoms with Crippen molar-refractivity contribution in [3.05, 3.63) is 87.8 Å². The Balaban J connectivity index is 1.62. The molecule has 0 spiro atoms. The van der Waals surface area contributed by atoms with Crippen LogP contribution in [0.1, 0.15) is 48.6 Å². The number of fused-ring (bicyclic) bond motifs is 1. The summed E-state index contributed by atoms with van der Waals surface area (Å²) in [5.41, 5.74) is -0.692. The van der Waals surface area contributed by atoms with Gasteiger partial charge in [0.05, 0.1) is 34.1 Å². The van der Waals surface area contributed by atoms with E-state index in [1.807, 2.05) is 30.3 Å². The first-order chi connectivity index (χ1) is 18.6. The number of nitrogens with zero attached hydrogens (tertiary/aromatic N) is 3. The number of aromatic nitrogens is 1. The molecule has 3 atom stereocenters. The molecule has 1 saturated carbocycles. The monoisotopic (exact) mass is 560 g/mol. The fourth-order valence-corrected chi connectivity index (χ4v) is 5.03. The maximum Gasteiger partial charge on any atom is 0.417 e. The second kappa shape index (κ2) is 10.9. The number of aliphatic imine (C=N–C) groups is 2. The van der Waals surface area contributed by atoms with Crippen LogP contribution < -0.4 is 10.1 Å². The largest absolute Gasteiger partial charge is 0.473 e. The molecule has 1 aliphatic carbocycles. The second-order valence-corrected chi connectivity index (χ2v) is 9.84. The summed E-state index contributed by atoms with van der Waals surface area (Å²) in [4.78, 5) is 13.5. The molecule has 0 radical (unpaired) electrons. The minimum atomic E-state index is -4.76. The van der Waals surface area contributed by atoms with E-state index >= 15 is 4.39 Å². The van der Waals surface area contributed by atoms with Crippen molar-refractivity contribution in [3.8, 4) is 5.88 Å². The summed E-state index contributed by atoms with van der Waals surface area (Å²) in [7, 11) is 0. The highest BCUT2D eigenvalue weighted by Crippen LogP contribution is 2.41. The zero-order chi connectivity index (χ0) is 27.7. The summed E-state index contributed by atoms with van der Waals surface area (Å²) in [6.45, 7) is 1.82. The molecule has 204 valence electrons. The zero-order valence-electron chi connectivity index (χ0n) is 20.8. The molecular formula is C28H25ClF4N4O2. The van der Waals surface area contributed by atoms with E-state index in [4.69, 9.17) is 16.3 Å². The number of hydrogen-bond donors (Lipinski definition) is 2. The van der Waals surface area contributed by atoms with Gasteiger partial charge in [-0.25, -0.2) is 9.37 Å². The van der Waals surface area contributed by atoms with Gasteiger partial charge in [-0.2, -0.15) is 13.2 Å². The molecule has 5 rings (SSSR count). The van der Waals surface area contributed by atoms with Gasteiger partial charge >= 0.3 is 6.18 Å². The Labute approximate surface area is 227 Å². The highest BCUT2D eigenvalue weighted by atomic mass is 35.5. The van der Waals surface area contributed by atoms with Gasteiger partial charge in [0, 0.05) is 11.6 Å².